The Hall–Kier alpha value is -3.75. The van der Waals surface area contributed by atoms with Gasteiger partial charge in [-0.3, -0.25) is 14.6 Å². The molecule has 9 heteroatoms. The summed E-state index contributed by atoms with van der Waals surface area (Å²) < 4.78 is 43.1. The summed E-state index contributed by atoms with van der Waals surface area (Å²) in [5.41, 5.74) is -0.655. The van der Waals surface area contributed by atoms with Gasteiger partial charge < -0.3 is 9.80 Å². The molecule has 0 N–H and O–H groups in total. The monoisotopic (exact) mass is 508 g/mol. The fraction of sp³-hybridized carbons (Fsp3) is 0.357. The number of amides is 2. The molecule has 0 unspecified atom stereocenters. The Labute approximate surface area is 213 Å². The fourth-order valence-corrected chi connectivity index (χ4v) is 5.15. The predicted octanol–water partition coefficient (Wildman–Crippen LogP) is 4.99. The zero-order valence-corrected chi connectivity index (χ0v) is 20.9. The third-order valence-electron chi connectivity index (χ3n) is 7.14. The lowest BCUT2D eigenvalue weighted by Crippen LogP contribution is -2.69. The Morgan fingerprint density at radius 2 is 1.65 bits per heavy atom. The van der Waals surface area contributed by atoms with E-state index in [2.05, 4.69) is 9.97 Å². The summed E-state index contributed by atoms with van der Waals surface area (Å²) in [5.74, 6) is -3.44. The minimum absolute atomic E-state index is 0.103. The van der Waals surface area contributed by atoms with Crippen LogP contribution in [0, 0.1) is 17.5 Å². The van der Waals surface area contributed by atoms with E-state index in [4.69, 9.17) is 0 Å². The first kappa shape index (κ1) is 24.9. The number of likely N-dealkylation sites (tertiary alicyclic amines) is 2. The first-order valence-electron chi connectivity index (χ1n) is 12.2. The average molecular weight is 509 g/mol. The zero-order chi connectivity index (χ0) is 26.5. The van der Waals surface area contributed by atoms with E-state index in [9.17, 15) is 22.8 Å². The summed E-state index contributed by atoms with van der Waals surface area (Å²) in [6.07, 6.45) is 3.08. The third kappa shape index (κ3) is 4.36. The highest BCUT2D eigenvalue weighted by Crippen LogP contribution is 2.39. The molecule has 2 fully saturated rings. The smallest absolute Gasteiger partial charge is 0.273 e. The van der Waals surface area contributed by atoms with Crippen LogP contribution in [0.2, 0.25) is 0 Å². The van der Waals surface area contributed by atoms with Crippen LogP contribution in [0.5, 0.6) is 0 Å². The SMILES string of the molecule is CC(C)(C)c1cc(C(=O)N2CC3(CCCN3C(=O)c3ccc(F)c(-c4c(F)cccc4F)n3)C2)ccn1. The highest BCUT2D eigenvalue weighted by molar-refractivity contribution is 5.96. The van der Waals surface area contributed by atoms with E-state index >= 15 is 0 Å². The molecule has 3 aromatic rings. The zero-order valence-electron chi connectivity index (χ0n) is 20.9. The van der Waals surface area contributed by atoms with Gasteiger partial charge in [-0.2, -0.15) is 0 Å². The first-order chi connectivity index (χ1) is 17.5. The van der Waals surface area contributed by atoms with Gasteiger partial charge in [-0.1, -0.05) is 26.8 Å². The summed E-state index contributed by atoms with van der Waals surface area (Å²) in [5, 5.41) is 0. The molecule has 2 saturated heterocycles. The maximum atomic E-state index is 14.5. The second-order valence-electron chi connectivity index (χ2n) is 10.7. The summed E-state index contributed by atoms with van der Waals surface area (Å²) in [7, 11) is 0. The molecular weight excluding hydrogens is 481 g/mol. The number of hydrogen-bond acceptors (Lipinski definition) is 4. The van der Waals surface area contributed by atoms with Crippen molar-refractivity contribution in [3.8, 4) is 11.3 Å². The van der Waals surface area contributed by atoms with Crippen LogP contribution in [-0.4, -0.2) is 56.8 Å². The van der Waals surface area contributed by atoms with Crippen molar-refractivity contribution < 1.29 is 22.8 Å². The van der Waals surface area contributed by atoms with Crippen LogP contribution in [0.25, 0.3) is 11.3 Å². The molecule has 6 nitrogen and oxygen atoms in total. The van der Waals surface area contributed by atoms with Gasteiger partial charge in [0.05, 0.1) is 11.1 Å². The number of aromatic nitrogens is 2. The third-order valence-corrected chi connectivity index (χ3v) is 7.14. The van der Waals surface area contributed by atoms with Gasteiger partial charge in [-0.05, 0) is 49.2 Å². The van der Waals surface area contributed by atoms with Crippen molar-refractivity contribution >= 4 is 11.8 Å². The molecule has 5 rings (SSSR count). The molecule has 4 heterocycles. The van der Waals surface area contributed by atoms with E-state index in [0.717, 1.165) is 30.3 Å². The van der Waals surface area contributed by atoms with E-state index in [1.807, 2.05) is 20.8 Å². The Kier molecular flexibility index (Phi) is 6.04. The number of halogens is 3. The molecule has 192 valence electrons. The van der Waals surface area contributed by atoms with Gasteiger partial charge in [0.2, 0.25) is 0 Å². The maximum absolute atomic E-state index is 14.5. The van der Waals surface area contributed by atoms with Crippen molar-refractivity contribution in [1.29, 1.82) is 0 Å². The molecule has 2 aliphatic heterocycles. The van der Waals surface area contributed by atoms with E-state index in [-0.39, 0.29) is 17.0 Å². The van der Waals surface area contributed by atoms with E-state index in [1.165, 1.54) is 12.1 Å². The highest BCUT2D eigenvalue weighted by atomic mass is 19.1. The number of benzene rings is 1. The van der Waals surface area contributed by atoms with E-state index in [0.29, 0.717) is 31.6 Å². The lowest BCUT2D eigenvalue weighted by atomic mass is 9.85. The van der Waals surface area contributed by atoms with Crippen LogP contribution in [-0.2, 0) is 5.41 Å². The Bertz CT molecular complexity index is 1380. The molecule has 1 spiro atoms. The van der Waals surface area contributed by atoms with Crippen LogP contribution in [0.4, 0.5) is 13.2 Å². The Morgan fingerprint density at radius 3 is 2.32 bits per heavy atom. The van der Waals surface area contributed by atoms with Crippen LogP contribution < -0.4 is 0 Å². The Balaban J connectivity index is 1.37. The molecule has 37 heavy (non-hydrogen) atoms. The summed E-state index contributed by atoms with van der Waals surface area (Å²) in [6.45, 7) is 7.26. The van der Waals surface area contributed by atoms with Crippen LogP contribution in [0.1, 0.15) is 60.2 Å². The lowest BCUT2D eigenvalue weighted by Gasteiger charge is -2.52. The summed E-state index contributed by atoms with van der Waals surface area (Å²) >= 11 is 0. The van der Waals surface area contributed by atoms with Crippen molar-refractivity contribution in [3.63, 3.8) is 0 Å². The molecule has 0 radical (unpaired) electrons. The second-order valence-corrected chi connectivity index (χ2v) is 10.7. The van der Waals surface area contributed by atoms with Crippen molar-refractivity contribution in [2.75, 3.05) is 19.6 Å². The molecular formula is C28H27F3N4O2. The first-order valence-corrected chi connectivity index (χ1v) is 12.2. The Morgan fingerprint density at radius 1 is 0.946 bits per heavy atom. The molecule has 0 atom stereocenters. The second kappa shape index (κ2) is 8.97. The highest BCUT2D eigenvalue weighted by Gasteiger charge is 2.54. The number of hydrogen-bond donors (Lipinski definition) is 0. The molecule has 0 aliphatic carbocycles. The van der Waals surface area contributed by atoms with Gasteiger partial charge >= 0.3 is 0 Å². The van der Waals surface area contributed by atoms with Crippen LogP contribution in [0.3, 0.4) is 0 Å². The number of nitrogens with zero attached hydrogens (tertiary/aromatic N) is 4. The van der Waals surface area contributed by atoms with Gasteiger partial charge in [-0.15, -0.1) is 0 Å². The molecule has 2 aromatic heterocycles. The van der Waals surface area contributed by atoms with Gasteiger partial charge in [0, 0.05) is 42.5 Å². The maximum Gasteiger partial charge on any atom is 0.273 e. The van der Waals surface area contributed by atoms with Crippen LogP contribution >= 0.6 is 0 Å². The van der Waals surface area contributed by atoms with Crippen molar-refractivity contribution in [2.45, 2.75) is 44.6 Å². The number of carbonyl (C=O) groups is 2. The topological polar surface area (TPSA) is 66.4 Å². The molecule has 2 aliphatic rings. The normalized spacial score (nSPS) is 16.7. The standard InChI is InChI=1S/C28H27F3N4O2/c1-27(2,3)22-14-17(10-12-32-22)25(36)34-15-28(16-34)11-5-13-35(28)26(37)21-9-8-20(31)24(33-21)23-18(29)6-4-7-19(23)30/h4,6-10,12,14H,5,11,13,15-16H2,1-3H3. The van der Waals surface area contributed by atoms with Gasteiger partial charge in [-0.25, -0.2) is 18.2 Å². The van der Waals surface area contributed by atoms with Gasteiger partial charge in [0.25, 0.3) is 11.8 Å². The fourth-order valence-electron chi connectivity index (χ4n) is 5.15. The quantitative estimate of drug-likeness (QED) is 0.500. The van der Waals surface area contributed by atoms with E-state index < -0.39 is 40.2 Å². The van der Waals surface area contributed by atoms with Crippen LogP contribution in [0.15, 0.2) is 48.7 Å². The van der Waals surface area contributed by atoms with Crippen molar-refractivity contribution in [2.24, 2.45) is 0 Å². The number of carbonyl (C=O) groups excluding carboxylic acids is 2. The minimum Gasteiger partial charge on any atom is -0.334 e. The van der Waals surface area contributed by atoms with Crippen molar-refractivity contribution in [1.82, 2.24) is 19.8 Å². The molecule has 2 amide bonds. The van der Waals surface area contributed by atoms with E-state index in [1.54, 1.807) is 28.1 Å². The number of pyridine rings is 2. The molecule has 0 saturated carbocycles. The predicted molar refractivity (Wildman–Crippen MR) is 131 cm³/mol. The minimum atomic E-state index is -0.965. The lowest BCUT2D eigenvalue weighted by molar-refractivity contribution is -0.0118. The molecule has 0 bridgehead atoms. The largest absolute Gasteiger partial charge is 0.334 e. The average Bonchev–Trinajstić information content (AvgIpc) is 3.28. The van der Waals surface area contributed by atoms with Gasteiger partial charge in [0.1, 0.15) is 28.8 Å². The summed E-state index contributed by atoms with van der Waals surface area (Å²) in [6, 6.07) is 8.90. The van der Waals surface area contributed by atoms with Crippen molar-refractivity contribution in [3.05, 3.63) is 83.1 Å². The van der Waals surface area contributed by atoms with Gasteiger partial charge in [0.15, 0.2) is 0 Å². The number of rotatable bonds is 3. The summed E-state index contributed by atoms with van der Waals surface area (Å²) in [4.78, 5) is 38.4. The molecule has 1 aromatic carbocycles.